The van der Waals surface area contributed by atoms with Crippen molar-refractivity contribution in [3.63, 3.8) is 0 Å². The van der Waals surface area contributed by atoms with E-state index in [-0.39, 0.29) is 0 Å². The number of nitrogens with one attached hydrogen (secondary N) is 2. The first-order valence-electron chi connectivity index (χ1n) is 7.78. The summed E-state index contributed by atoms with van der Waals surface area (Å²) >= 11 is 1.96. The smallest absolute Gasteiger partial charge is 0.00817 e. The van der Waals surface area contributed by atoms with Crippen molar-refractivity contribution in [1.29, 1.82) is 0 Å². The molecule has 0 aromatic rings. The molecule has 1 heterocycles. The Kier molecular flexibility index (Phi) is 10.1. The molecule has 2 N–H and O–H groups in total. The summed E-state index contributed by atoms with van der Waals surface area (Å²) in [6.07, 6.45) is 13.2. The fourth-order valence-corrected chi connectivity index (χ4v) is 3.20. The van der Waals surface area contributed by atoms with Gasteiger partial charge in [0.25, 0.3) is 0 Å². The summed E-state index contributed by atoms with van der Waals surface area (Å²) in [7, 11) is 0. The van der Waals surface area contributed by atoms with Crippen molar-refractivity contribution in [3.8, 4) is 0 Å². The second-order valence-electron chi connectivity index (χ2n) is 5.64. The third-order valence-corrected chi connectivity index (χ3v) is 4.52. The largest absolute Gasteiger partial charge is 0.314 e. The highest BCUT2D eigenvalue weighted by Crippen LogP contribution is 2.12. The van der Waals surface area contributed by atoms with Crippen LogP contribution in [0, 0.1) is 0 Å². The number of hydrogen-bond acceptors (Lipinski definition) is 3. The first-order valence-corrected chi connectivity index (χ1v) is 9.18. The molecule has 1 saturated heterocycles. The molecule has 1 rings (SSSR count). The van der Waals surface area contributed by atoms with Gasteiger partial charge in [-0.1, -0.05) is 19.3 Å². The quantitative estimate of drug-likeness (QED) is 0.629. The van der Waals surface area contributed by atoms with Crippen molar-refractivity contribution in [2.75, 3.05) is 25.1 Å². The fourth-order valence-electron chi connectivity index (χ4n) is 2.71. The SMILES string of the molecule is CSCCCCCNC(C)CC1CCCCCN1. The summed E-state index contributed by atoms with van der Waals surface area (Å²) in [5.41, 5.74) is 0. The Morgan fingerprint density at radius 3 is 2.94 bits per heavy atom. The van der Waals surface area contributed by atoms with Crippen LogP contribution in [-0.2, 0) is 0 Å². The highest BCUT2D eigenvalue weighted by atomic mass is 32.2. The van der Waals surface area contributed by atoms with E-state index in [0.717, 1.165) is 6.04 Å². The van der Waals surface area contributed by atoms with Gasteiger partial charge in [-0.15, -0.1) is 0 Å². The third kappa shape index (κ3) is 8.39. The van der Waals surface area contributed by atoms with E-state index in [0.29, 0.717) is 6.04 Å². The van der Waals surface area contributed by atoms with Crippen molar-refractivity contribution >= 4 is 11.8 Å². The second kappa shape index (κ2) is 11.1. The summed E-state index contributed by atoms with van der Waals surface area (Å²) in [4.78, 5) is 0. The van der Waals surface area contributed by atoms with Crippen molar-refractivity contribution < 1.29 is 0 Å². The van der Waals surface area contributed by atoms with E-state index in [1.54, 1.807) is 0 Å². The topological polar surface area (TPSA) is 24.1 Å². The average Bonchev–Trinajstić information content (AvgIpc) is 2.62. The summed E-state index contributed by atoms with van der Waals surface area (Å²) in [5, 5.41) is 7.37. The molecule has 1 aliphatic heterocycles. The molecule has 0 bridgehead atoms. The molecule has 0 amide bonds. The van der Waals surface area contributed by atoms with Gasteiger partial charge in [0, 0.05) is 12.1 Å². The molecule has 2 nitrogen and oxygen atoms in total. The minimum absolute atomic E-state index is 0.668. The zero-order chi connectivity index (χ0) is 13.1. The van der Waals surface area contributed by atoms with Crippen LogP contribution in [0.25, 0.3) is 0 Å². The molecular formula is C15H32N2S. The maximum absolute atomic E-state index is 3.69. The molecule has 0 spiro atoms. The van der Waals surface area contributed by atoms with Crippen LogP contribution in [-0.4, -0.2) is 37.2 Å². The van der Waals surface area contributed by atoms with Gasteiger partial charge in [-0.2, -0.15) is 11.8 Å². The van der Waals surface area contributed by atoms with E-state index in [9.17, 15) is 0 Å². The maximum atomic E-state index is 3.69. The first kappa shape index (κ1) is 16.3. The predicted octanol–water partition coefficient (Wildman–Crippen LogP) is 3.42. The number of rotatable bonds is 9. The lowest BCUT2D eigenvalue weighted by atomic mass is 10.0. The minimum atomic E-state index is 0.668. The number of thioether (sulfide) groups is 1. The molecule has 0 aliphatic carbocycles. The molecule has 1 fully saturated rings. The van der Waals surface area contributed by atoms with Crippen LogP contribution in [0.4, 0.5) is 0 Å². The Morgan fingerprint density at radius 1 is 1.22 bits per heavy atom. The molecular weight excluding hydrogens is 240 g/mol. The van der Waals surface area contributed by atoms with Crippen molar-refractivity contribution in [3.05, 3.63) is 0 Å². The molecule has 108 valence electrons. The van der Waals surface area contributed by atoms with Gasteiger partial charge in [-0.25, -0.2) is 0 Å². The van der Waals surface area contributed by atoms with E-state index < -0.39 is 0 Å². The van der Waals surface area contributed by atoms with Crippen LogP contribution in [0.2, 0.25) is 0 Å². The molecule has 18 heavy (non-hydrogen) atoms. The third-order valence-electron chi connectivity index (χ3n) is 3.82. The Morgan fingerprint density at radius 2 is 2.11 bits per heavy atom. The highest BCUT2D eigenvalue weighted by molar-refractivity contribution is 7.98. The Bertz CT molecular complexity index is 179. The normalized spacial score (nSPS) is 22.7. The number of unbranched alkanes of at least 4 members (excludes halogenated alkanes) is 2. The van der Waals surface area contributed by atoms with Gasteiger partial charge in [0.1, 0.15) is 0 Å². The molecule has 0 saturated carbocycles. The van der Waals surface area contributed by atoms with E-state index in [1.165, 1.54) is 70.2 Å². The molecule has 3 heteroatoms. The Hall–Kier alpha value is 0.270. The Balaban J connectivity index is 1.97. The maximum Gasteiger partial charge on any atom is 0.00817 e. The molecule has 2 unspecified atom stereocenters. The van der Waals surface area contributed by atoms with Crippen LogP contribution in [0.5, 0.6) is 0 Å². The standard InChI is InChI=1S/C15H32N2S/c1-14(16-10-7-4-8-12-18-2)13-15-9-5-3-6-11-17-15/h14-17H,3-13H2,1-2H3. The zero-order valence-electron chi connectivity index (χ0n) is 12.3. The van der Waals surface area contributed by atoms with Crippen molar-refractivity contribution in [1.82, 2.24) is 10.6 Å². The van der Waals surface area contributed by atoms with Crippen LogP contribution in [0.15, 0.2) is 0 Å². The number of hydrogen-bond donors (Lipinski definition) is 2. The van der Waals surface area contributed by atoms with E-state index >= 15 is 0 Å². The van der Waals surface area contributed by atoms with E-state index in [1.807, 2.05) is 11.8 Å². The summed E-state index contributed by atoms with van der Waals surface area (Å²) < 4.78 is 0. The lowest BCUT2D eigenvalue weighted by Gasteiger charge is -2.21. The monoisotopic (exact) mass is 272 g/mol. The average molecular weight is 273 g/mol. The van der Waals surface area contributed by atoms with Crippen LogP contribution in [0.1, 0.15) is 58.3 Å². The van der Waals surface area contributed by atoms with Gasteiger partial charge >= 0.3 is 0 Å². The van der Waals surface area contributed by atoms with Gasteiger partial charge in [-0.05, 0) is 64.1 Å². The van der Waals surface area contributed by atoms with Crippen LogP contribution < -0.4 is 10.6 Å². The summed E-state index contributed by atoms with van der Waals surface area (Å²) in [6.45, 7) is 4.77. The molecule has 0 radical (unpaired) electrons. The van der Waals surface area contributed by atoms with Crippen LogP contribution >= 0.6 is 11.8 Å². The molecule has 0 aromatic carbocycles. The highest BCUT2D eigenvalue weighted by Gasteiger charge is 2.14. The van der Waals surface area contributed by atoms with E-state index in [4.69, 9.17) is 0 Å². The van der Waals surface area contributed by atoms with Gasteiger partial charge < -0.3 is 10.6 Å². The lowest BCUT2D eigenvalue weighted by molar-refractivity contribution is 0.400. The predicted molar refractivity (Wildman–Crippen MR) is 84.6 cm³/mol. The van der Waals surface area contributed by atoms with Gasteiger partial charge in [-0.3, -0.25) is 0 Å². The molecule has 2 atom stereocenters. The lowest BCUT2D eigenvalue weighted by Crippen LogP contribution is -2.37. The molecule has 1 aliphatic rings. The summed E-state index contributed by atoms with van der Waals surface area (Å²) in [6, 6.07) is 1.42. The van der Waals surface area contributed by atoms with Gasteiger partial charge in [0.05, 0.1) is 0 Å². The Labute approximate surface area is 118 Å². The first-order chi connectivity index (χ1) is 8.83. The van der Waals surface area contributed by atoms with Gasteiger partial charge in [0.15, 0.2) is 0 Å². The minimum Gasteiger partial charge on any atom is -0.314 e. The van der Waals surface area contributed by atoms with Gasteiger partial charge in [0.2, 0.25) is 0 Å². The van der Waals surface area contributed by atoms with Crippen molar-refractivity contribution in [2.45, 2.75) is 70.4 Å². The van der Waals surface area contributed by atoms with Crippen molar-refractivity contribution in [2.24, 2.45) is 0 Å². The van der Waals surface area contributed by atoms with Crippen LogP contribution in [0.3, 0.4) is 0 Å². The summed E-state index contributed by atoms with van der Waals surface area (Å²) in [5.74, 6) is 1.32. The fraction of sp³-hybridized carbons (Fsp3) is 1.00. The second-order valence-corrected chi connectivity index (χ2v) is 6.63. The zero-order valence-corrected chi connectivity index (χ0v) is 13.2. The van der Waals surface area contributed by atoms with E-state index in [2.05, 4.69) is 23.8 Å². The molecule has 0 aromatic heterocycles.